The number of rotatable bonds is 6. The van der Waals surface area contributed by atoms with Crippen LogP contribution in [0.3, 0.4) is 0 Å². The Balaban J connectivity index is 1.82. The van der Waals surface area contributed by atoms with E-state index in [1.165, 1.54) is 6.07 Å². The van der Waals surface area contributed by atoms with Gasteiger partial charge in [0.2, 0.25) is 0 Å². The highest BCUT2D eigenvalue weighted by Gasteiger charge is 2.23. The van der Waals surface area contributed by atoms with Crippen LogP contribution in [0.1, 0.15) is 32.3 Å². The summed E-state index contributed by atoms with van der Waals surface area (Å²) in [7, 11) is 0. The zero-order chi connectivity index (χ0) is 16.1. The van der Waals surface area contributed by atoms with Crippen molar-refractivity contribution in [3.63, 3.8) is 0 Å². The van der Waals surface area contributed by atoms with Gasteiger partial charge in [-0.15, -0.1) is 0 Å². The van der Waals surface area contributed by atoms with Crippen LogP contribution in [0.25, 0.3) is 0 Å². The van der Waals surface area contributed by atoms with E-state index < -0.39 is 0 Å². The maximum Gasteiger partial charge on any atom is 0.129 e. The summed E-state index contributed by atoms with van der Waals surface area (Å²) in [5.41, 5.74) is 0.595. The molecule has 1 aromatic carbocycles. The quantitative estimate of drug-likeness (QED) is 0.842. The van der Waals surface area contributed by atoms with Crippen LogP contribution in [0.4, 0.5) is 4.39 Å². The Bertz CT molecular complexity index is 457. The number of hydrogen-bond acceptors (Lipinski definition) is 3. The Hall–Kier alpha value is -0.680. The average molecular weight is 329 g/mol. The predicted octanol–water partition coefficient (Wildman–Crippen LogP) is 3.05. The molecular formula is C17H26ClFN2O. The minimum atomic E-state index is -0.224. The number of piperidine rings is 1. The Labute approximate surface area is 137 Å². The molecule has 1 fully saturated rings. The van der Waals surface area contributed by atoms with Gasteiger partial charge >= 0.3 is 0 Å². The van der Waals surface area contributed by atoms with Crippen LogP contribution in [0.15, 0.2) is 18.2 Å². The second-order valence-corrected chi connectivity index (χ2v) is 6.77. The number of aliphatic hydroxyl groups is 1. The van der Waals surface area contributed by atoms with E-state index in [9.17, 15) is 9.50 Å². The molecule has 5 heteroatoms. The van der Waals surface area contributed by atoms with Gasteiger partial charge in [0.25, 0.3) is 0 Å². The molecule has 1 aliphatic heterocycles. The van der Waals surface area contributed by atoms with Gasteiger partial charge in [-0.2, -0.15) is 0 Å². The molecule has 0 saturated carbocycles. The molecule has 1 heterocycles. The number of halogens is 2. The number of aliphatic hydroxyl groups excluding tert-OH is 1. The van der Waals surface area contributed by atoms with Crippen molar-refractivity contribution in [2.24, 2.45) is 5.92 Å². The molecule has 0 amide bonds. The van der Waals surface area contributed by atoms with Crippen LogP contribution >= 0.6 is 11.6 Å². The topological polar surface area (TPSA) is 35.5 Å². The minimum absolute atomic E-state index is 0.207. The standard InChI is InChI=1S/C17H26ClFN2O/c1-12(11-22)13(2)20-14-6-8-21(9-7-14)10-15-16(18)4-3-5-17(15)19/h3-5,12-14,20,22H,6-11H2,1-2H3. The van der Waals surface area contributed by atoms with Gasteiger partial charge in [-0.3, -0.25) is 4.90 Å². The molecular weight excluding hydrogens is 303 g/mol. The van der Waals surface area contributed by atoms with Gasteiger partial charge in [-0.1, -0.05) is 24.6 Å². The van der Waals surface area contributed by atoms with Crippen LogP contribution < -0.4 is 5.32 Å². The highest BCUT2D eigenvalue weighted by atomic mass is 35.5. The molecule has 2 N–H and O–H groups in total. The van der Waals surface area contributed by atoms with Crippen molar-refractivity contribution in [3.05, 3.63) is 34.6 Å². The summed E-state index contributed by atoms with van der Waals surface area (Å²) in [5, 5.41) is 13.3. The van der Waals surface area contributed by atoms with Crippen LogP contribution in [0.5, 0.6) is 0 Å². The van der Waals surface area contributed by atoms with Crippen LogP contribution in [-0.2, 0) is 6.54 Å². The zero-order valence-corrected chi connectivity index (χ0v) is 14.1. The number of likely N-dealkylation sites (tertiary alicyclic amines) is 1. The normalized spacial score (nSPS) is 20.0. The van der Waals surface area contributed by atoms with Crippen molar-refractivity contribution < 1.29 is 9.50 Å². The lowest BCUT2D eigenvalue weighted by molar-refractivity contribution is 0.160. The first-order chi connectivity index (χ1) is 10.5. The van der Waals surface area contributed by atoms with Crippen molar-refractivity contribution in [1.82, 2.24) is 10.2 Å². The first kappa shape index (κ1) is 17.7. The summed E-state index contributed by atoms with van der Waals surface area (Å²) in [5.74, 6) is 0.0355. The van der Waals surface area contributed by atoms with E-state index in [0.29, 0.717) is 29.2 Å². The van der Waals surface area contributed by atoms with Crippen LogP contribution in [-0.4, -0.2) is 41.8 Å². The highest BCUT2D eigenvalue weighted by molar-refractivity contribution is 6.31. The smallest absolute Gasteiger partial charge is 0.129 e. The molecule has 1 aliphatic rings. The molecule has 0 radical (unpaired) electrons. The summed E-state index contributed by atoms with van der Waals surface area (Å²) >= 11 is 6.09. The van der Waals surface area contributed by atoms with Gasteiger partial charge in [-0.05, 0) is 50.9 Å². The summed E-state index contributed by atoms with van der Waals surface area (Å²) in [6.45, 7) is 6.81. The van der Waals surface area contributed by atoms with Crippen molar-refractivity contribution in [1.29, 1.82) is 0 Å². The van der Waals surface area contributed by atoms with E-state index in [4.69, 9.17) is 11.6 Å². The molecule has 3 nitrogen and oxygen atoms in total. The largest absolute Gasteiger partial charge is 0.396 e. The SMILES string of the molecule is CC(CO)C(C)NC1CCN(Cc2c(F)cccc2Cl)CC1. The summed E-state index contributed by atoms with van der Waals surface area (Å²) in [4.78, 5) is 2.25. The molecule has 0 spiro atoms. The summed E-state index contributed by atoms with van der Waals surface area (Å²) in [6.07, 6.45) is 2.07. The van der Waals surface area contributed by atoms with E-state index in [0.717, 1.165) is 25.9 Å². The average Bonchev–Trinajstić information content (AvgIpc) is 2.51. The van der Waals surface area contributed by atoms with E-state index in [-0.39, 0.29) is 18.3 Å². The first-order valence-electron chi connectivity index (χ1n) is 8.03. The monoisotopic (exact) mass is 328 g/mol. The van der Waals surface area contributed by atoms with Gasteiger partial charge in [0, 0.05) is 35.8 Å². The fourth-order valence-electron chi connectivity index (χ4n) is 2.86. The van der Waals surface area contributed by atoms with E-state index >= 15 is 0 Å². The summed E-state index contributed by atoms with van der Waals surface area (Å²) in [6, 6.07) is 5.62. The Morgan fingerprint density at radius 2 is 2.05 bits per heavy atom. The molecule has 124 valence electrons. The van der Waals surface area contributed by atoms with E-state index in [1.807, 2.05) is 6.92 Å². The third-order valence-corrected chi connectivity index (χ3v) is 5.03. The van der Waals surface area contributed by atoms with E-state index in [1.54, 1.807) is 12.1 Å². The molecule has 1 aromatic rings. The van der Waals surface area contributed by atoms with Gasteiger partial charge in [0.15, 0.2) is 0 Å². The number of hydrogen-bond donors (Lipinski definition) is 2. The maximum absolute atomic E-state index is 13.8. The molecule has 22 heavy (non-hydrogen) atoms. The maximum atomic E-state index is 13.8. The van der Waals surface area contributed by atoms with Crippen LogP contribution in [0, 0.1) is 11.7 Å². The highest BCUT2D eigenvalue weighted by Crippen LogP contribution is 2.23. The lowest BCUT2D eigenvalue weighted by Crippen LogP contribution is -2.47. The third-order valence-electron chi connectivity index (χ3n) is 4.67. The minimum Gasteiger partial charge on any atom is -0.396 e. The van der Waals surface area contributed by atoms with Gasteiger partial charge in [0.05, 0.1) is 0 Å². The molecule has 0 bridgehead atoms. The van der Waals surface area contributed by atoms with Crippen molar-refractivity contribution >= 4 is 11.6 Å². The molecule has 2 atom stereocenters. The van der Waals surface area contributed by atoms with Crippen molar-refractivity contribution in [2.75, 3.05) is 19.7 Å². The Morgan fingerprint density at radius 3 is 2.64 bits per heavy atom. The summed E-state index contributed by atoms with van der Waals surface area (Å²) < 4.78 is 13.8. The predicted molar refractivity (Wildman–Crippen MR) is 88.6 cm³/mol. The molecule has 1 saturated heterocycles. The lowest BCUT2D eigenvalue weighted by atomic mass is 9.99. The van der Waals surface area contributed by atoms with E-state index in [2.05, 4.69) is 17.1 Å². The van der Waals surface area contributed by atoms with Gasteiger partial charge < -0.3 is 10.4 Å². The fraction of sp³-hybridized carbons (Fsp3) is 0.647. The zero-order valence-electron chi connectivity index (χ0n) is 13.4. The third kappa shape index (κ3) is 4.66. The number of nitrogens with zero attached hydrogens (tertiary/aromatic N) is 1. The first-order valence-corrected chi connectivity index (χ1v) is 8.41. The van der Waals surface area contributed by atoms with Gasteiger partial charge in [-0.25, -0.2) is 4.39 Å². The number of benzene rings is 1. The second-order valence-electron chi connectivity index (χ2n) is 6.37. The van der Waals surface area contributed by atoms with Crippen molar-refractivity contribution in [3.8, 4) is 0 Å². The molecule has 0 aromatic heterocycles. The fourth-order valence-corrected chi connectivity index (χ4v) is 3.08. The Kier molecular flexibility index (Phi) is 6.63. The number of nitrogens with one attached hydrogen (secondary N) is 1. The molecule has 2 rings (SSSR count). The molecule has 0 aliphatic carbocycles. The second kappa shape index (κ2) is 8.25. The van der Waals surface area contributed by atoms with Crippen molar-refractivity contribution in [2.45, 2.75) is 45.3 Å². The lowest BCUT2D eigenvalue weighted by Gasteiger charge is -2.35. The van der Waals surface area contributed by atoms with Gasteiger partial charge in [0.1, 0.15) is 5.82 Å². The molecule has 2 unspecified atom stereocenters. The Morgan fingerprint density at radius 1 is 1.36 bits per heavy atom. The van der Waals surface area contributed by atoms with Crippen LogP contribution in [0.2, 0.25) is 5.02 Å².